The van der Waals surface area contributed by atoms with E-state index in [2.05, 4.69) is 20.4 Å². The maximum atomic E-state index is 11.3. The second-order valence-electron chi connectivity index (χ2n) is 4.27. The van der Waals surface area contributed by atoms with Gasteiger partial charge in [0.1, 0.15) is 0 Å². The molecule has 100 valence electrons. The van der Waals surface area contributed by atoms with E-state index in [4.69, 9.17) is 0 Å². The molecule has 0 aromatic heterocycles. The Labute approximate surface area is 101 Å². The van der Waals surface area contributed by atoms with Gasteiger partial charge in [-0.3, -0.25) is 4.79 Å². The number of hydrogen-bond donors (Lipinski definition) is 1. The van der Waals surface area contributed by atoms with Crippen molar-refractivity contribution >= 4 is 13.8 Å². The van der Waals surface area contributed by atoms with E-state index >= 15 is 0 Å². The topological polar surface area (TPSA) is 82.1 Å². The second kappa shape index (κ2) is 6.88. The lowest BCUT2D eigenvalue weighted by Gasteiger charge is -2.24. The molecular weight excluding hydrogens is 249 g/mol. The normalized spacial score (nSPS) is 15.1. The predicted octanol–water partition coefficient (Wildman–Crippen LogP) is 0.861. The number of quaternary nitrogens is 1. The highest BCUT2D eigenvalue weighted by atomic mass is 31.2. The van der Waals surface area contributed by atoms with Crippen molar-refractivity contribution in [3.8, 4) is 0 Å². The minimum absolute atomic E-state index is 0.00557. The molecule has 7 nitrogen and oxygen atoms in total. The second-order valence-corrected chi connectivity index (χ2v) is 5.73. The zero-order valence-electron chi connectivity index (χ0n) is 10.3. The number of rotatable bonds is 8. The van der Waals surface area contributed by atoms with Crippen molar-refractivity contribution < 1.29 is 32.5 Å². The zero-order chi connectivity index (χ0) is 13.5. The van der Waals surface area contributed by atoms with Crippen LogP contribution in [0.2, 0.25) is 0 Å². The Morgan fingerprint density at radius 2 is 2.00 bits per heavy atom. The third-order valence-electron chi connectivity index (χ3n) is 1.35. The van der Waals surface area contributed by atoms with Crippen molar-refractivity contribution in [1.29, 1.82) is 0 Å². The molecule has 0 aromatic rings. The van der Waals surface area contributed by atoms with Gasteiger partial charge in [0.05, 0.1) is 27.6 Å². The first kappa shape index (κ1) is 16.3. The number of ether oxygens (including phenoxy) is 1. The number of nitrogens with zero attached hydrogens (tertiary/aromatic N) is 1. The van der Waals surface area contributed by atoms with Crippen LogP contribution in [0.25, 0.3) is 0 Å². The molecule has 8 heteroatoms. The van der Waals surface area contributed by atoms with Crippen molar-refractivity contribution in [3.05, 3.63) is 12.7 Å². The Kier molecular flexibility index (Phi) is 6.59. The van der Waals surface area contributed by atoms with Crippen LogP contribution in [0.3, 0.4) is 0 Å². The van der Waals surface area contributed by atoms with Crippen LogP contribution in [0.4, 0.5) is 0 Å². The Hall–Kier alpha value is -0.720. The summed E-state index contributed by atoms with van der Waals surface area (Å²) in [4.78, 5) is 20.1. The molecule has 0 aliphatic heterocycles. The van der Waals surface area contributed by atoms with Crippen LogP contribution in [0.15, 0.2) is 12.7 Å². The third-order valence-corrected chi connectivity index (χ3v) is 2.23. The van der Waals surface area contributed by atoms with Gasteiger partial charge in [-0.05, 0) is 0 Å². The van der Waals surface area contributed by atoms with Gasteiger partial charge in [-0.15, -0.1) is 6.58 Å². The van der Waals surface area contributed by atoms with Gasteiger partial charge in [0, 0.05) is 0 Å². The average molecular weight is 268 g/mol. The Bertz CT molecular complexity index is 311. The van der Waals surface area contributed by atoms with E-state index < -0.39 is 20.6 Å². The number of carbonyl (C=O) groups is 1. The number of carbonyl (C=O) groups excluding carboxylic acids is 1. The van der Waals surface area contributed by atoms with Crippen LogP contribution in [0.1, 0.15) is 6.42 Å². The molecule has 0 aromatic carbocycles. The molecule has 1 N–H and O–H groups in total. The molecule has 1 atom stereocenters. The monoisotopic (exact) mass is 268 g/mol. The maximum absolute atomic E-state index is 11.3. The first-order valence-electron chi connectivity index (χ1n) is 4.85. The minimum Gasteiger partial charge on any atom is -0.438 e. The first-order chi connectivity index (χ1) is 7.66. The van der Waals surface area contributed by atoms with E-state index in [9.17, 15) is 14.3 Å². The molecule has 17 heavy (non-hydrogen) atoms. The summed E-state index contributed by atoms with van der Waals surface area (Å²) in [6.45, 7) is 2.71. The summed E-state index contributed by atoms with van der Waals surface area (Å²) in [5.74, 6) is -0.591. The van der Waals surface area contributed by atoms with Gasteiger partial charge < -0.3 is 14.1 Å². The number of phosphoric acid groups is 1. The molecule has 0 amide bonds. The van der Waals surface area contributed by atoms with Crippen molar-refractivity contribution in [2.45, 2.75) is 6.42 Å². The molecule has 0 aliphatic carbocycles. The van der Waals surface area contributed by atoms with Crippen molar-refractivity contribution in [2.24, 2.45) is 0 Å². The molecule has 0 spiro atoms. The van der Waals surface area contributed by atoms with Gasteiger partial charge in [0.15, 0.2) is 6.73 Å². The van der Waals surface area contributed by atoms with Crippen LogP contribution in [-0.2, 0) is 23.1 Å². The van der Waals surface area contributed by atoms with Crippen LogP contribution < -0.4 is 0 Å². The fourth-order valence-electron chi connectivity index (χ4n) is 0.619. The van der Waals surface area contributed by atoms with Crippen LogP contribution in [-0.4, -0.2) is 50.0 Å². The van der Waals surface area contributed by atoms with Gasteiger partial charge in [0.2, 0.25) is 6.79 Å². The fraction of sp³-hybridized carbons (Fsp3) is 0.667. The van der Waals surface area contributed by atoms with Crippen LogP contribution >= 0.6 is 7.82 Å². The van der Waals surface area contributed by atoms with E-state index in [0.717, 1.165) is 0 Å². The summed E-state index contributed by atoms with van der Waals surface area (Å²) in [5.41, 5.74) is 0. The van der Waals surface area contributed by atoms with Crippen molar-refractivity contribution in [3.63, 3.8) is 0 Å². The molecule has 0 aliphatic rings. The van der Waals surface area contributed by atoms with E-state index in [1.807, 2.05) is 0 Å². The summed E-state index contributed by atoms with van der Waals surface area (Å²) in [5, 5.41) is 0. The highest BCUT2D eigenvalue weighted by molar-refractivity contribution is 7.47. The number of esters is 1. The van der Waals surface area contributed by atoms with E-state index in [1.165, 1.54) is 6.08 Å². The highest BCUT2D eigenvalue weighted by Gasteiger charge is 2.25. The van der Waals surface area contributed by atoms with Gasteiger partial charge >= 0.3 is 13.8 Å². The molecule has 0 heterocycles. The quantitative estimate of drug-likeness (QED) is 0.231. The SMILES string of the molecule is C=CCC(=O)OCOP(=O)(O)OC[N+](C)(C)C. The lowest BCUT2D eigenvalue weighted by molar-refractivity contribution is -0.887. The largest absolute Gasteiger partial charge is 0.479 e. The molecule has 0 saturated heterocycles. The summed E-state index contributed by atoms with van der Waals surface area (Å²) >= 11 is 0. The Balaban J connectivity index is 3.90. The minimum atomic E-state index is -4.18. The predicted molar refractivity (Wildman–Crippen MR) is 60.7 cm³/mol. The first-order valence-corrected chi connectivity index (χ1v) is 6.35. The number of hydrogen-bond acceptors (Lipinski definition) is 5. The number of phosphoric ester groups is 1. The smallest absolute Gasteiger partial charge is 0.438 e. The van der Waals surface area contributed by atoms with Gasteiger partial charge in [-0.2, -0.15) is 0 Å². The summed E-state index contributed by atoms with van der Waals surface area (Å²) < 4.78 is 25.3. The van der Waals surface area contributed by atoms with Gasteiger partial charge in [-0.1, -0.05) is 6.08 Å². The molecule has 0 saturated carbocycles. The molecule has 0 fully saturated rings. The standard InChI is InChI=1S/C9H18NO6P/c1-5-6-9(11)14-8-16-17(12,13)15-7-10(2,3)4/h5H,1,6-8H2,2-4H3/p+1. The van der Waals surface area contributed by atoms with E-state index in [1.54, 1.807) is 21.1 Å². The highest BCUT2D eigenvalue weighted by Crippen LogP contribution is 2.43. The van der Waals surface area contributed by atoms with E-state index in [-0.39, 0.29) is 13.2 Å². The summed E-state index contributed by atoms with van der Waals surface area (Å²) in [6.07, 6.45) is 1.37. The van der Waals surface area contributed by atoms with E-state index in [0.29, 0.717) is 4.48 Å². The lowest BCUT2D eigenvalue weighted by atomic mass is 10.4. The van der Waals surface area contributed by atoms with Crippen LogP contribution in [0.5, 0.6) is 0 Å². The molecule has 0 bridgehead atoms. The third kappa shape index (κ3) is 10.2. The fourth-order valence-corrected chi connectivity index (χ4v) is 1.37. The van der Waals surface area contributed by atoms with Crippen LogP contribution in [0, 0.1) is 0 Å². The van der Waals surface area contributed by atoms with Gasteiger partial charge in [-0.25, -0.2) is 13.6 Å². The summed E-state index contributed by atoms with van der Waals surface area (Å²) in [6, 6.07) is 0. The molecule has 0 rings (SSSR count). The maximum Gasteiger partial charge on any atom is 0.479 e. The zero-order valence-corrected chi connectivity index (χ0v) is 11.2. The molecule has 0 radical (unpaired) electrons. The Morgan fingerprint density at radius 3 is 2.47 bits per heavy atom. The average Bonchev–Trinajstić information content (AvgIpc) is 2.14. The van der Waals surface area contributed by atoms with Gasteiger partial charge in [0.25, 0.3) is 0 Å². The Morgan fingerprint density at radius 1 is 1.41 bits per heavy atom. The van der Waals surface area contributed by atoms with Crippen molar-refractivity contribution in [2.75, 3.05) is 34.7 Å². The van der Waals surface area contributed by atoms with Crippen molar-refractivity contribution in [1.82, 2.24) is 0 Å². The summed E-state index contributed by atoms with van der Waals surface area (Å²) in [7, 11) is 1.16. The molecular formula is C9H19NO6P+. The lowest BCUT2D eigenvalue weighted by Crippen LogP contribution is -2.36. The molecule has 1 unspecified atom stereocenters.